The molecule has 2 aromatic rings. The van der Waals surface area contributed by atoms with Gasteiger partial charge in [-0.3, -0.25) is 0 Å². The van der Waals surface area contributed by atoms with Gasteiger partial charge in [0.2, 0.25) is 0 Å². The van der Waals surface area contributed by atoms with Crippen LogP contribution in [0, 0.1) is 12.3 Å². The van der Waals surface area contributed by atoms with Crippen LogP contribution in [0.15, 0.2) is 22.6 Å². The predicted molar refractivity (Wildman–Crippen MR) is 67.8 cm³/mol. The van der Waals surface area contributed by atoms with E-state index in [9.17, 15) is 0 Å². The van der Waals surface area contributed by atoms with E-state index < -0.39 is 0 Å². The summed E-state index contributed by atoms with van der Waals surface area (Å²) in [6, 6.07) is 6.13. The summed E-state index contributed by atoms with van der Waals surface area (Å²) in [5.41, 5.74) is 9.18. The minimum atomic E-state index is 0.260. The smallest absolute Gasteiger partial charge is 0.196 e. The van der Waals surface area contributed by atoms with Crippen molar-refractivity contribution in [3.63, 3.8) is 0 Å². The van der Waals surface area contributed by atoms with E-state index in [1.807, 2.05) is 12.1 Å². The average molecular weight is 230 g/mol. The van der Waals surface area contributed by atoms with E-state index in [2.05, 4.69) is 18.0 Å². The highest BCUT2D eigenvalue weighted by molar-refractivity contribution is 5.73. The molecule has 3 rings (SSSR count). The van der Waals surface area contributed by atoms with Gasteiger partial charge in [0.05, 0.1) is 0 Å². The first-order valence-corrected chi connectivity index (χ1v) is 6.27. The molecule has 1 aliphatic rings. The van der Waals surface area contributed by atoms with Gasteiger partial charge in [-0.1, -0.05) is 12.5 Å². The summed E-state index contributed by atoms with van der Waals surface area (Å²) in [6.45, 7) is 2.81. The summed E-state index contributed by atoms with van der Waals surface area (Å²) in [7, 11) is 0. The molecule has 0 spiro atoms. The summed E-state index contributed by atoms with van der Waals surface area (Å²) >= 11 is 0. The predicted octanol–water partition coefficient (Wildman–Crippen LogP) is 2.81. The van der Waals surface area contributed by atoms with Gasteiger partial charge in [-0.05, 0) is 49.4 Å². The normalized spacial score (nSPS) is 18.2. The number of nitrogens with zero attached hydrogens (tertiary/aromatic N) is 1. The van der Waals surface area contributed by atoms with Crippen molar-refractivity contribution in [2.45, 2.75) is 32.6 Å². The Bertz CT molecular complexity index is 535. The molecule has 1 fully saturated rings. The fraction of sp³-hybridized carbons (Fsp3) is 0.500. The molecule has 90 valence electrons. The molecule has 1 aromatic carbocycles. The van der Waals surface area contributed by atoms with Gasteiger partial charge < -0.3 is 10.2 Å². The maximum atomic E-state index is 5.87. The van der Waals surface area contributed by atoms with Crippen LogP contribution in [0.1, 0.15) is 30.7 Å². The molecule has 0 radical (unpaired) electrons. The third-order valence-electron chi connectivity index (χ3n) is 3.96. The van der Waals surface area contributed by atoms with Crippen molar-refractivity contribution in [1.82, 2.24) is 4.98 Å². The Morgan fingerprint density at radius 1 is 1.41 bits per heavy atom. The van der Waals surface area contributed by atoms with Crippen molar-refractivity contribution in [3.05, 3.63) is 29.7 Å². The van der Waals surface area contributed by atoms with Crippen LogP contribution in [-0.2, 0) is 6.42 Å². The Kier molecular flexibility index (Phi) is 2.44. The van der Waals surface area contributed by atoms with Crippen LogP contribution in [0.2, 0.25) is 0 Å². The van der Waals surface area contributed by atoms with E-state index in [0.717, 1.165) is 30.0 Å². The van der Waals surface area contributed by atoms with Gasteiger partial charge in [0, 0.05) is 6.42 Å². The molecular weight excluding hydrogens is 212 g/mol. The Morgan fingerprint density at radius 2 is 2.24 bits per heavy atom. The number of oxazole rings is 1. The van der Waals surface area contributed by atoms with Crippen molar-refractivity contribution in [3.8, 4) is 0 Å². The van der Waals surface area contributed by atoms with Crippen LogP contribution >= 0.6 is 0 Å². The molecule has 0 unspecified atom stereocenters. The molecule has 1 aliphatic carbocycles. The van der Waals surface area contributed by atoms with E-state index in [0.29, 0.717) is 0 Å². The molecule has 0 saturated heterocycles. The number of rotatable bonds is 3. The molecule has 1 saturated carbocycles. The highest BCUT2D eigenvalue weighted by Gasteiger charge is 2.37. The largest absolute Gasteiger partial charge is 0.441 e. The molecule has 0 amide bonds. The third kappa shape index (κ3) is 1.84. The number of benzene rings is 1. The van der Waals surface area contributed by atoms with Gasteiger partial charge in [0.15, 0.2) is 11.5 Å². The SMILES string of the molecule is Cc1ccc2nc(CC3(CN)CCC3)oc2c1. The van der Waals surface area contributed by atoms with Crippen molar-refractivity contribution < 1.29 is 4.42 Å². The van der Waals surface area contributed by atoms with Crippen LogP contribution in [0.3, 0.4) is 0 Å². The van der Waals surface area contributed by atoms with Crippen LogP contribution in [0.4, 0.5) is 0 Å². The van der Waals surface area contributed by atoms with Gasteiger partial charge in [-0.15, -0.1) is 0 Å². The zero-order valence-electron chi connectivity index (χ0n) is 10.2. The number of aryl methyl sites for hydroxylation is 1. The first-order chi connectivity index (χ1) is 8.21. The second kappa shape index (κ2) is 3.84. The molecule has 1 heterocycles. The lowest BCUT2D eigenvalue weighted by Crippen LogP contribution is -2.39. The lowest BCUT2D eigenvalue weighted by Gasteiger charge is -2.39. The van der Waals surface area contributed by atoms with Gasteiger partial charge >= 0.3 is 0 Å². The number of fused-ring (bicyclic) bond motifs is 1. The number of aromatic nitrogens is 1. The lowest BCUT2D eigenvalue weighted by molar-refractivity contribution is 0.134. The molecule has 0 aliphatic heterocycles. The van der Waals surface area contributed by atoms with Crippen molar-refractivity contribution in [2.75, 3.05) is 6.54 Å². The molecular formula is C14H18N2O. The van der Waals surface area contributed by atoms with Crippen LogP contribution in [0.5, 0.6) is 0 Å². The van der Waals surface area contributed by atoms with Crippen molar-refractivity contribution in [2.24, 2.45) is 11.1 Å². The zero-order chi connectivity index (χ0) is 11.9. The molecule has 3 heteroatoms. The Hall–Kier alpha value is -1.35. The second-order valence-electron chi connectivity index (χ2n) is 5.31. The molecule has 0 bridgehead atoms. The lowest BCUT2D eigenvalue weighted by atomic mass is 9.67. The van der Waals surface area contributed by atoms with E-state index in [1.165, 1.54) is 24.8 Å². The number of hydrogen-bond acceptors (Lipinski definition) is 3. The summed E-state index contributed by atoms with van der Waals surface area (Å²) in [4.78, 5) is 4.55. The summed E-state index contributed by atoms with van der Waals surface area (Å²) in [6.07, 6.45) is 4.59. The first-order valence-electron chi connectivity index (χ1n) is 6.27. The van der Waals surface area contributed by atoms with E-state index in [-0.39, 0.29) is 5.41 Å². The van der Waals surface area contributed by atoms with Crippen molar-refractivity contribution >= 4 is 11.1 Å². The highest BCUT2D eigenvalue weighted by atomic mass is 16.3. The van der Waals surface area contributed by atoms with Gasteiger partial charge in [0.25, 0.3) is 0 Å². The fourth-order valence-electron chi connectivity index (χ4n) is 2.61. The average Bonchev–Trinajstić information content (AvgIpc) is 2.65. The van der Waals surface area contributed by atoms with Crippen LogP contribution in [0.25, 0.3) is 11.1 Å². The minimum Gasteiger partial charge on any atom is -0.441 e. The number of hydrogen-bond donors (Lipinski definition) is 1. The standard InChI is InChI=1S/C14H18N2O/c1-10-3-4-11-12(7-10)17-13(16-11)8-14(9-15)5-2-6-14/h3-4,7H,2,5-6,8-9,15H2,1H3. The van der Waals surface area contributed by atoms with E-state index in [1.54, 1.807) is 0 Å². The maximum Gasteiger partial charge on any atom is 0.196 e. The van der Waals surface area contributed by atoms with Gasteiger partial charge in [0.1, 0.15) is 5.52 Å². The maximum absolute atomic E-state index is 5.87. The quantitative estimate of drug-likeness (QED) is 0.882. The van der Waals surface area contributed by atoms with Crippen LogP contribution in [-0.4, -0.2) is 11.5 Å². The molecule has 2 N–H and O–H groups in total. The second-order valence-corrected chi connectivity index (χ2v) is 5.31. The molecule has 3 nitrogen and oxygen atoms in total. The van der Waals surface area contributed by atoms with E-state index >= 15 is 0 Å². The molecule has 0 atom stereocenters. The Balaban J connectivity index is 1.90. The zero-order valence-corrected chi connectivity index (χ0v) is 10.2. The fourth-order valence-corrected chi connectivity index (χ4v) is 2.61. The minimum absolute atomic E-state index is 0.260. The van der Waals surface area contributed by atoms with E-state index in [4.69, 9.17) is 10.2 Å². The highest BCUT2D eigenvalue weighted by Crippen LogP contribution is 2.42. The Labute approximate surface area is 101 Å². The number of nitrogens with two attached hydrogens (primary N) is 1. The topological polar surface area (TPSA) is 52.0 Å². The third-order valence-corrected chi connectivity index (χ3v) is 3.96. The Morgan fingerprint density at radius 3 is 2.88 bits per heavy atom. The molecule has 17 heavy (non-hydrogen) atoms. The van der Waals surface area contributed by atoms with Crippen molar-refractivity contribution in [1.29, 1.82) is 0 Å². The summed E-state index contributed by atoms with van der Waals surface area (Å²) in [5.74, 6) is 0.843. The van der Waals surface area contributed by atoms with Gasteiger partial charge in [-0.2, -0.15) is 0 Å². The van der Waals surface area contributed by atoms with Gasteiger partial charge in [-0.25, -0.2) is 4.98 Å². The van der Waals surface area contributed by atoms with Crippen LogP contribution < -0.4 is 5.73 Å². The monoisotopic (exact) mass is 230 g/mol. The molecule has 1 aromatic heterocycles. The summed E-state index contributed by atoms with van der Waals surface area (Å²) in [5, 5.41) is 0. The first kappa shape index (κ1) is 10.8. The summed E-state index contributed by atoms with van der Waals surface area (Å²) < 4.78 is 5.82.